The zero-order valence-corrected chi connectivity index (χ0v) is 11.2. The van der Waals surface area contributed by atoms with Crippen LogP contribution in [0, 0.1) is 30.5 Å². The third-order valence-electron chi connectivity index (χ3n) is 5.09. The molecule has 1 aromatic carbocycles. The first kappa shape index (κ1) is 12.2. The Bertz CT molecular complexity index is 443. The highest BCUT2D eigenvalue weighted by molar-refractivity contribution is 5.27. The van der Waals surface area contributed by atoms with Crippen molar-refractivity contribution in [1.29, 1.82) is 0 Å². The second-order valence-electron chi connectivity index (χ2n) is 6.11. The number of hydrogen-bond acceptors (Lipinski definition) is 1. The van der Waals surface area contributed by atoms with Crippen molar-refractivity contribution in [3.63, 3.8) is 0 Å². The van der Waals surface area contributed by atoms with E-state index in [1.165, 1.54) is 25.7 Å². The molecule has 1 nitrogen and oxygen atoms in total. The minimum atomic E-state index is -0.0732. The molecule has 4 unspecified atom stereocenters. The van der Waals surface area contributed by atoms with Crippen molar-refractivity contribution in [2.45, 2.75) is 38.6 Å². The fourth-order valence-corrected chi connectivity index (χ4v) is 4.13. The molecule has 2 heteroatoms. The second kappa shape index (κ2) is 4.65. The number of benzene rings is 1. The Balaban J connectivity index is 1.85. The van der Waals surface area contributed by atoms with Gasteiger partial charge in [-0.1, -0.05) is 18.6 Å². The summed E-state index contributed by atoms with van der Waals surface area (Å²) in [6.07, 6.45) is 5.52. The summed E-state index contributed by atoms with van der Waals surface area (Å²) in [5.41, 5.74) is 1.86. The number of halogens is 1. The lowest BCUT2D eigenvalue weighted by Crippen LogP contribution is -2.29. The number of aryl methyl sites for hydroxylation is 1. The van der Waals surface area contributed by atoms with Gasteiger partial charge in [0.2, 0.25) is 0 Å². The first-order valence-corrected chi connectivity index (χ1v) is 7.12. The number of fused-ring (bicyclic) bond motifs is 2. The van der Waals surface area contributed by atoms with Gasteiger partial charge in [-0.05, 0) is 68.2 Å². The zero-order valence-electron chi connectivity index (χ0n) is 11.2. The van der Waals surface area contributed by atoms with Gasteiger partial charge in [-0.2, -0.15) is 0 Å². The quantitative estimate of drug-likeness (QED) is 0.856. The molecule has 2 aliphatic carbocycles. The summed E-state index contributed by atoms with van der Waals surface area (Å²) in [5, 5.41) is 3.43. The first-order valence-electron chi connectivity index (χ1n) is 7.12. The van der Waals surface area contributed by atoms with Crippen LogP contribution in [0.25, 0.3) is 0 Å². The van der Waals surface area contributed by atoms with E-state index in [4.69, 9.17) is 0 Å². The fourth-order valence-electron chi connectivity index (χ4n) is 4.13. The van der Waals surface area contributed by atoms with Gasteiger partial charge >= 0.3 is 0 Å². The van der Waals surface area contributed by atoms with Crippen molar-refractivity contribution in [2.75, 3.05) is 7.05 Å². The van der Waals surface area contributed by atoms with Crippen LogP contribution in [0.5, 0.6) is 0 Å². The minimum Gasteiger partial charge on any atom is -0.313 e. The van der Waals surface area contributed by atoms with Gasteiger partial charge < -0.3 is 5.32 Å². The van der Waals surface area contributed by atoms with Crippen LogP contribution in [0.4, 0.5) is 4.39 Å². The van der Waals surface area contributed by atoms with Gasteiger partial charge in [-0.3, -0.25) is 0 Å². The predicted octanol–water partition coefficient (Wildman–Crippen LogP) is 3.83. The van der Waals surface area contributed by atoms with Crippen molar-refractivity contribution in [3.8, 4) is 0 Å². The summed E-state index contributed by atoms with van der Waals surface area (Å²) >= 11 is 0. The molecule has 0 amide bonds. The van der Waals surface area contributed by atoms with Crippen LogP contribution in [0.1, 0.15) is 42.9 Å². The topological polar surface area (TPSA) is 12.0 Å². The molecule has 18 heavy (non-hydrogen) atoms. The Morgan fingerprint density at radius 1 is 1.28 bits per heavy atom. The number of nitrogens with one attached hydrogen (secondary N) is 1. The summed E-state index contributed by atoms with van der Waals surface area (Å²) in [6.45, 7) is 1.82. The zero-order chi connectivity index (χ0) is 12.7. The summed E-state index contributed by atoms with van der Waals surface area (Å²) in [5.74, 6) is 2.43. The Morgan fingerprint density at radius 2 is 2.11 bits per heavy atom. The van der Waals surface area contributed by atoms with E-state index in [0.29, 0.717) is 12.0 Å². The van der Waals surface area contributed by atoms with Crippen LogP contribution in [0.15, 0.2) is 18.2 Å². The molecule has 1 N–H and O–H groups in total. The van der Waals surface area contributed by atoms with Gasteiger partial charge in [0.25, 0.3) is 0 Å². The molecule has 3 rings (SSSR count). The SMILES string of the molecule is CNC(c1ccc(C)c(F)c1)C1CC2CCC1C2. The van der Waals surface area contributed by atoms with Gasteiger partial charge in [-0.15, -0.1) is 0 Å². The molecule has 0 saturated heterocycles. The third-order valence-corrected chi connectivity index (χ3v) is 5.09. The molecule has 2 bridgehead atoms. The number of hydrogen-bond donors (Lipinski definition) is 1. The second-order valence-corrected chi connectivity index (χ2v) is 6.11. The Kier molecular flexibility index (Phi) is 3.14. The van der Waals surface area contributed by atoms with Crippen molar-refractivity contribution < 1.29 is 4.39 Å². The molecule has 4 atom stereocenters. The van der Waals surface area contributed by atoms with E-state index in [2.05, 4.69) is 11.4 Å². The van der Waals surface area contributed by atoms with E-state index in [1.54, 1.807) is 6.07 Å². The van der Waals surface area contributed by atoms with Crippen molar-refractivity contribution in [3.05, 3.63) is 35.1 Å². The fraction of sp³-hybridized carbons (Fsp3) is 0.625. The Labute approximate surface area is 109 Å². The van der Waals surface area contributed by atoms with Crippen molar-refractivity contribution >= 4 is 0 Å². The highest BCUT2D eigenvalue weighted by Gasteiger charge is 2.43. The van der Waals surface area contributed by atoms with E-state index in [9.17, 15) is 4.39 Å². The van der Waals surface area contributed by atoms with Crippen LogP contribution >= 0.6 is 0 Å². The van der Waals surface area contributed by atoms with Gasteiger partial charge in [0.05, 0.1) is 0 Å². The largest absolute Gasteiger partial charge is 0.313 e. The molecular formula is C16H22FN. The lowest BCUT2D eigenvalue weighted by molar-refractivity contribution is 0.259. The third kappa shape index (κ3) is 1.97. The highest BCUT2D eigenvalue weighted by Crippen LogP contribution is 2.52. The molecule has 98 valence electrons. The van der Waals surface area contributed by atoms with Crippen LogP contribution < -0.4 is 5.32 Å². The van der Waals surface area contributed by atoms with Gasteiger partial charge in [0, 0.05) is 6.04 Å². The monoisotopic (exact) mass is 247 g/mol. The van der Waals surface area contributed by atoms with Crippen LogP contribution in [0.3, 0.4) is 0 Å². The maximum absolute atomic E-state index is 13.7. The Morgan fingerprint density at radius 3 is 2.67 bits per heavy atom. The summed E-state index contributed by atoms with van der Waals surface area (Å²) in [7, 11) is 2.01. The molecule has 0 heterocycles. The standard InChI is InChI=1S/C16H22FN/c1-10-3-5-13(9-15(10)17)16(18-2)14-8-11-4-6-12(14)7-11/h3,5,9,11-12,14,16,18H,4,6-8H2,1-2H3. The van der Waals surface area contributed by atoms with Gasteiger partial charge in [-0.25, -0.2) is 4.39 Å². The minimum absolute atomic E-state index is 0.0732. The molecule has 2 aliphatic rings. The lowest BCUT2D eigenvalue weighted by atomic mass is 9.80. The van der Waals surface area contributed by atoms with E-state index >= 15 is 0 Å². The van der Waals surface area contributed by atoms with Crippen LogP contribution in [0.2, 0.25) is 0 Å². The lowest BCUT2D eigenvalue weighted by Gasteiger charge is -2.30. The highest BCUT2D eigenvalue weighted by atomic mass is 19.1. The van der Waals surface area contributed by atoms with Gasteiger partial charge in [0.15, 0.2) is 0 Å². The average Bonchev–Trinajstić information content (AvgIpc) is 2.97. The molecule has 1 aromatic rings. The normalized spacial score (nSPS) is 31.8. The first-order chi connectivity index (χ1) is 8.69. The van der Waals surface area contributed by atoms with Gasteiger partial charge in [0.1, 0.15) is 5.82 Å². The van der Waals surface area contributed by atoms with E-state index in [0.717, 1.165) is 23.0 Å². The van der Waals surface area contributed by atoms with E-state index < -0.39 is 0 Å². The molecular weight excluding hydrogens is 225 g/mol. The molecule has 0 spiro atoms. The summed E-state index contributed by atoms with van der Waals surface area (Å²) in [6, 6.07) is 6.05. The van der Waals surface area contributed by atoms with Crippen molar-refractivity contribution in [1.82, 2.24) is 5.32 Å². The van der Waals surface area contributed by atoms with E-state index in [-0.39, 0.29) is 5.82 Å². The number of rotatable bonds is 3. The Hall–Kier alpha value is -0.890. The molecule has 0 aromatic heterocycles. The molecule has 2 saturated carbocycles. The van der Waals surface area contributed by atoms with Crippen molar-refractivity contribution in [2.24, 2.45) is 17.8 Å². The molecule has 0 radical (unpaired) electrons. The molecule has 0 aliphatic heterocycles. The maximum Gasteiger partial charge on any atom is 0.126 e. The van der Waals surface area contributed by atoms with Crippen LogP contribution in [-0.4, -0.2) is 7.05 Å². The van der Waals surface area contributed by atoms with Crippen LogP contribution in [-0.2, 0) is 0 Å². The molecule has 2 fully saturated rings. The summed E-state index contributed by atoms with van der Waals surface area (Å²) in [4.78, 5) is 0. The maximum atomic E-state index is 13.7. The average molecular weight is 247 g/mol. The van der Waals surface area contributed by atoms with E-state index in [1.807, 2.05) is 20.0 Å². The predicted molar refractivity (Wildman–Crippen MR) is 71.9 cm³/mol. The smallest absolute Gasteiger partial charge is 0.126 e. The summed E-state index contributed by atoms with van der Waals surface area (Å²) < 4.78 is 13.7.